The zero-order valence-electron chi connectivity index (χ0n) is 14.9. The number of hydrogen-bond donors (Lipinski definition) is 1. The molecule has 2 aromatic heterocycles. The van der Waals surface area contributed by atoms with Crippen LogP contribution in [0.4, 0.5) is 0 Å². The molecule has 0 aliphatic carbocycles. The first kappa shape index (κ1) is 16.9. The SMILES string of the molecule is C[C@H](CNC(=O)c1cccc(-n2nnc3cccnc32)c1)c1ccccc1. The Morgan fingerprint density at radius 2 is 1.93 bits per heavy atom. The number of rotatable bonds is 5. The van der Waals surface area contributed by atoms with Crippen LogP contribution in [0.3, 0.4) is 0 Å². The molecule has 2 heterocycles. The molecule has 1 atom stereocenters. The summed E-state index contributed by atoms with van der Waals surface area (Å²) in [4.78, 5) is 16.9. The topological polar surface area (TPSA) is 72.7 Å². The molecule has 0 unspecified atom stereocenters. The minimum atomic E-state index is -0.114. The Kier molecular flexibility index (Phi) is 4.61. The third-order valence-corrected chi connectivity index (χ3v) is 4.50. The molecule has 134 valence electrons. The number of pyridine rings is 1. The van der Waals surface area contributed by atoms with E-state index in [9.17, 15) is 4.79 Å². The van der Waals surface area contributed by atoms with Gasteiger partial charge in [-0.1, -0.05) is 48.5 Å². The van der Waals surface area contributed by atoms with Crippen molar-refractivity contribution in [2.24, 2.45) is 0 Å². The largest absolute Gasteiger partial charge is 0.351 e. The molecule has 4 aromatic rings. The third-order valence-electron chi connectivity index (χ3n) is 4.50. The third kappa shape index (κ3) is 3.55. The van der Waals surface area contributed by atoms with E-state index < -0.39 is 0 Å². The molecule has 6 nitrogen and oxygen atoms in total. The highest BCUT2D eigenvalue weighted by Crippen LogP contribution is 2.16. The molecule has 6 heteroatoms. The van der Waals surface area contributed by atoms with Crippen molar-refractivity contribution in [2.45, 2.75) is 12.8 Å². The number of carbonyl (C=O) groups excluding carboxylic acids is 1. The van der Waals surface area contributed by atoms with E-state index in [1.807, 2.05) is 42.5 Å². The zero-order chi connectivity index (χ0) is 18.6. The van der Waals surface area contributed by atoms with Gasteiger partial charge >= 0.3 is 0 Å². The number of fused-ring (bicyclic) bond motifs is 1. The Morgan fingerprint density at radius 1 is 1.07 bits per heavy atom. The first-order valence-corrected chi connectivity index (χ1v) is 8.82. The van der Waals surface area contributed by atoms with E-state index in [-0.39, 0.29) is 11.8 Å². The van der Waals surface area contributed by atoms with Crippen LogP contribution >= 0.6 is 0 Å². The van der Waals surface area contributed by atoms with Gasteiger partial charge in [0.25, 0.3) is 5.91 Å². The zero-order valence-corrected chi connectivity index (χ0v) is 14.9. The van der Waals surface area contributed by atoms with Crippen molar-refractivity contribution in [3.63, 3.8) is 0 Å². The van der Waals surface area contributed by atoms with E-state index in [4.69, 9.17) is 0 Å². The first-order valence-electron chi connectivity index (χ1n) is 8.82. The van der Waals surface area contributed by atoms with Gasteiger partial charge in [-0.05, 0) is 41.8 Å². The Labute approximate surface area is 156 Å². The van der Waals surface area contributed by atoms with Crippen molar-refractivity contribution in [1.82, 2.24) is 25.3 Å². The molecule has 0 radical (unpaired) electrons. The fraction of sp³-hybridized carbons (Fsp3) is 0.143. The maximum absolute atomic E-state index is 12.6. The van der Waals surface area contributed by atoms with Crippen LogP contribution in [0, 0.1) is 0 Å². The number of hydrogen-bond acceptors (Lipinski definition) is 4. The van der Waals surface area contributed by atoms with Crippen molar-refractivity contribution in [2.75, 3.05) is 6.54 Å². The highest BCUT2D eigenvalue weighted by atomic mass is 16.1. The van der Waals surface area contributed by atoms with E-state index in [0.29, 0.717) is 23.3 Å². The lowest BCUT2D eigenvalue weighted by molar-refractivity contribution is 0.0951. The van der Waals surface area contributed by atoms with Gasteiger partial charge in [-0.3, -0.25) is 4.79 Å². The van der Waals surface area contributed by atoms with E-state index in [1.165, 1.54) is 5.56 Å². The summed E-state index contributed by atoms with van der Waals surface area (Å²) in [7, 11) is 0. The second-order valence-electron chi connectivity index (χ2n) is 6.42. The lowest BCUT2D eigenvalue weighted by Gasteiger charge is -2.13. The number of nitrogens with one attached hydrogen (secondary N) is 1. The predicted molar refractivity (Wildman–Crippen MR) is 104 cm³/mol. The predicted octanol–water partition coefficient (Wildman–Crippen LogP) is 3.35. The van der Waals surface area contributed by atoms with Gasteiger partial charge < -0.3 is 5.32 Å². The van der Waals surface area contributed by atoms with Crippen molar-refractivity contribution >= 4 is 17.1 Å². The second-order valence-corrected chi connectivity index (χ2v) is 6.42. The molecule has 0 bridgehead atoms. The molecule has 0 aliphatic heterocycles. The van der Waals surface area contributed by atoms with Gasteiger partial charge in [0.2, 0.25) is 0 Å². The normalized spacial score (nSPS) is 12.0. The van der Waals surface area contributed by atoms with E-state index in [2.05, 4.69) is 39.7 Å². The van der Waals surface area contributed by atoms with Crippen molar-refractivity contribution < 1.29 is 4.79 Å². The minimum Gasteiger partial charge on any atom is -0.351 e. The lowest BCUT2D eigenvalue weighted by Crippen LogP contribution is -2.27. The van der Waals surface area contributed by atoms with Gasteiger partial charge in [0, 0.05) is 18.3 Å². The summed E-state index contributed by atoms with van der Waals surface area (Å²) in [6.45, 7) is 2.67. The standard InChI is InChI=1S/C21H19N5O/c1-15(16-7-3-2-4-8-16)14-23-21(27)17-9-5-10-18(13-17)26-20-19(24-25-26)11-6-12-22-20/h2-13,15H,14H2,1H3,(H,23,27)/t15-/m1/s1. The molecular weight excluding hydrogens is 338 g/mol. The number of nitrogens with zero attached hydrogens (tertiary/aromatic N) is 4. The number of amides is 1. The molecule has 0 aliphatic rings. The number of carbonyl (C=O) groups is 1. The number of aromatic nitrogens is 4. The lowest BCUT2D eigenvalue weighted by atomic mass is 10.0. The van der Waals surface area contributed by atoms with E-state index >= 15 is 0 Å². The maximum atomic E-state index is 12.6. The van der Waals surface area contributed by atoms with Gasteiger partial charge in [-0.15, -0.1) is 5.10 Å². The summed E-state index contributed by atoms with van der Waals surface area (Å²) >= 11 is 0. The van der Waals surface area contributed by atoms with Gasteiger partial charge in [-0.2, -0.15) is 4.68 Å². The molecule has 0 saturated heterocycles. The molecule has 0 fully saturated rings. The van der Waals surface area contributed by atoms with Crippen molar-refractivity contribution in [3.05, 3.63) is 84.1 Å². The fourth-order valence-corrected chi connectivity index (χ4v) is 2.97. The second kappa shape index (κ2) is 7.37. The highest BCUT2D eigenvalue weighted by molar-refractivity contribution is 5.94. The van der Waals surface area contributed by atoms with Gasteiger partial charge in [0.1, 0.15) is 5.52 Å². The Balaban J connectivity index is 1.51. The molecule has 1 N–H and O–H groups in total. The highest BCUT2D eigenvalue weighted by Gasteiger charge is 2.12. The maximum Gasteiger partial charge on any atom is 0.251 e. The molecule has 0 saturated carbocycles. The van der Waals surface area contributed by atoms with Crippen LogP contribution in [-0.4, -0.2) is 32.4 Å². The Hall–Kier alpha value is -3.54. The van der Waals surface area contributed by atoms with Gasteiger partial charge in [-0.25, -0.2) is 4.98 Å². The quantitative estimate of drug-likeness (QED) is 0.594. The molecular formula is C21H19N5O. The van der Waals surface area contributed by atoms with E-state index in [0.717, 1.165) is 5.69 Å². The summed E-state index contributed by atoms with van der Waals surface area (Å²) in [5.41, 5.74) is 3.90. The summed E-state index contributed by atoms with van der Waals surface area (Å²) < 4.78 is 1.64. The average Bonchev–Trinajstić information content (AvgIpc) is 3.16. The van der Waals surface area contributed by atoms with Gasteiger partial charge in [0.05, 0.1) is 5.69 Å². The smallest absolute Gasteiger partial charge is 0.251 e. The molecule has 27 heavy (non-hydrogen) atoms. The van der Waals surface area contributed by atoms with Crippen LogP contribution < -0.4 is 5.32 Å². The van der Waals surface area contributed by atoms with Crippen molar-refractivity contribution in [1.29, 1.82) is 0 Å². The Bertz CT molecular complexity index is 1070. The average molecular weight is 357 g/mol. The number of benzene rings is 2. The minimum absolute atomic E-state index is 0.114. The van der Waals surface area contributed by atoms with Crippen LogP contribution in [0.5, 0.6) is 0 Å². The molecule has 0 spiro atoms. The fourth-order valence-electron chi connectivity index (χ4n) is 2.97. The monoisotopic (exact) mass is 357 g/mol. The summed E-state index contributed by atoms with van der Waals surface area (Å²) in [6, 6.07) is 21.1. The summed E-state index contributed by atoms with van der Waals surface area (Å²) in [5, 5.41) is 11.3. The molecule has 1 amide bonds. The van der Waals surface area contributed by atoms with Crippen LogP contribution in [0.2, 0.25) is 0 Å². The van der Waals surface area contributed by atoms with Crippen LogP contribution in [0.15, 0.2) is 72.9 Å². The van der Waals surface area contributed by atoms with Crippen molar-refractivity contribution in [3.8, 4) is 5.69 Å². The summed E-state index contributed by atoms with van der Waals surface area (Å²) in [5.74, 6) is 0.124. The van der Waals surface area contributed by atoms with Gasteiger partial charge in [0.15, 0.2) is 5.65 Å². The summed E-state index contributed by atoms with van der Waals surface area (Å²) in [6.07, 6.45) is 1.70. The molecule has 2 aromatic carbocycles. The first-order chi connectivity index (χ1) is 13.2. The Morgan fingerprint density at radius 3 is 2.78 bits per heavy atom. The van der Waals surface area contributed by atoms with Crippen LogP contribution in [0.1, 0.15) is 28.8 Å². The molecule has 4 rings (SSSR count). The van der Waals surface area contributed by atoms with E-state index in [1.54, 1.807) is 23.0 Å². The van der Waals surface area contributed by atoms with Crippen LogP contribution in [0.25, 0.3) is 16.9 Å². The van der Waals surface area contributed by atoms with Crippen LogP contribution in [-0.2, 0) is 0 Å².